The van der Waals surface area contributed by atoms with E-state index in [4.69, 9.17) is 0 Å². The lowest BCUT2D eigenvalue weighted by molar-refractivity contribution is 0.0931. The fourth-order valence-corrected chi connectivity index (χ4v) is 3.21. The zero-order chi connectivity index (χ0) is 17.7. The van der Waals surface area contributed by atoms with Crippen LogP contribution in [0.4, 0.5) is 0 Å². The second-order valence-electron chi connectivity index (χ2n) is 6.37. The number of hydrogen-bond donors (Lipinski definition) is 1. The van der Waals surface area contributed by atoms with Crippen LogP contribution in [0.5, 0.6) is 0 Å². The Morgan fingerprint density at radius 1 is 1.04 bits per heavy atom. The summed E-state index contributed by atoms with van der Waals surface area (Å²) in [4.78, 5) is 12.7. The van der Waals surface area contributed by atoms with Crippen LogP contribution in [0, 0.1) is 5.92 Å². The van der Waals surface area contributed by atoms with E-state index in [-0.39, 0.29) is 16.8 Å². The van der Waals surface area contributed by atoms with Gasteiger partial charge in [0.05, 0.1) is 10.9 Å². The van der Waals surface area contributed by atoms with E-state index in [0.717, 1.165) is 18.2 Å². The third kappa shape index (κ3) is 4.93. The quantitative estimate of drug-likeness (QED) is 0.870. The normalized spacial score (nSPS) is 12.8. The van der Waals surface area contributed by atoms with Gasteiger partial charge in [-0.2, -0.15) is 0 Å². The Morgan fingerprint density at radius 3 is 2.29 bits per heavy atom. The van der Waals surface area contributed by atoms with Crippen molar-refractivity contribution in [1.82, 2.24) is 5.32 Å². The molecule has 1 atom stereocenters. The predicted molar refractivity (Wildman–Crippen MR) is 95.7 cm³/mol. The molecule has 1 amide bonds. The van der Waals surface area contributed by atoms with Gasteiger partial charge in [0.25, 0.3) is 5.91 Å². The first-order chi connectivity index (χ1) is 11.3. The van der Waals surface area contributed by atoms with E-state index in [2.05, 4.69) is 19.2 Å². The predicted octanol–water partition coefficient (Wildman–Crippen LogP) is 3.61. The average Bonchev–Trinajstić information content (AvgIpc) is 2.54. The van der Waals surface area contributed by atoms with Crippen LogP contribution in [0.3, 0.4) is 0 Å². The van der Waals surface area contributed by atoms with E-state index < -0.39 is 9.84 Å². The number of nitrogens with one attached hydrogen (secondary N) is 1. The number of carbonyl (C=O) groups excluding carboxylic acids is 1. The van der Waals surface area contributed by atoms with E-state index in [1.165, 1.54) is 12.1 Å². The van der Waals surface area contributed by atoms with Crippen molar-refractivity contribution in [2.75, 3.05) is 6.26 Å². The van der Waals surface area contributed by atoms with Crippen molar-refractivity contribution < 1.29 is 13.2 Å². The largest absolute Gasteiger partial charge is 0.345 e. The number of carbonyl (C=O) groups is 1. The Kier molecular flexibility index (Phi) is 5.78. The molecule has 5 heteroatoms. The molecule has 0 radical (unpaired) electrons. The van der Waals surface area contributed by atoms with E-state index in [0.29, 0.717) is 11.5 Å². The van der Waals surface area contributed by atoms with Crippen molar-refractivity contribution >= 4 is 15.7 Å². The van der Waals surface area contributed by atoms with Crippen molar-refractivity contribution in [2.24, 2.45) is 5.92 Å². The molecule has 0 saturated carbocycles. The lowest BCUT2D eigenvalue weighted by Gasteiger charge is -2.21. The van der Waals surface area contributed by atoms with E-state index in [1.54, 1.807) is 12.1 Å². The molecule has 0 aliphatic heterocycles. The van der Waals surface area contributed by atoms with E-state index in [9.17, 15) is 13.2 Å². The molecular formula is C19H23NO3S. The molecule has 0 unspecified atom stereocenters. The Hall–Kier alpha value is -2.14. The Morgan fingerprint density at radius 2 is 1.71 bits per heavy atom. The molecule has 0 spiro atoms. The van der Waals surface area contributed by atoms with Crippen LogP contribution in [-0.4, -0.2) is 20.6 Å². The van der Waals surface area contributed by atoms with Crippen molar-refractivity contribution in [3.63, 3.8) is 0 Å². The SMILES string of the molecule is CC(C)C[C@@H](NC(=O)c1cccc(S(C)(=O)=O)c1)c1ccccc1. The average molecular weight is 345 g/mol. The summed E-state index contributed by atoms with van der Waals surface area (Å²) in [6.07, 6.45) is 1.94. The van der Waals surface area contributed by atoms with Crippen LogP contribution < -0.4 is 5.32 Å². The Balaban J connectivity index is 2.25. The molecule has 24 heavy (non-hydrogen) atoms. The minimum Gasteiger partial charge on any atom is -0.345 e. The molecule has 0 saturated heterocycles. The second-order valence-corrected chi connectivity index (χ2v) is 8.38. The molecule has 1 N–H and O–H groups in total. The monoisotopic (exact) mass is 345 g/mol. The molecular weight excluding hydrogens is 322 g/mol. The maximum atomic E-state index is 12.6. The summed E-state index contributed by atoms with van der Waals surface area (Å²) in [7, 11) is -3.34. The van der Waals surface area contributed by atoms with Gasteiger partial charge < -0.3 is 5.32 Å². The molecule has 0 bridgehead atoms. The smallest absolute Gasteiger partial charge is 0.251 e. The number of sulfone groups is 1. The molecule has 128 valence electrons. The highest BCUT2D eigenvalue weighted by Crippen LogP contribution is 2.22. The molecule has 0 aliphatic rings. The fourth-order valence-electron chi connectivity index (χ4n) is 2.54. The van der Waals surface area contributed by atoms with Gasteiger partial charge in [-0.1, -0.05) is 50.2 Å². The summed E-state index contributed by atoms with van der Waals surface area (Å²) < 4.78 is 23.3. The third-order valence-electron chi connectivity index (χ3n) is 3.74. The van der Waals surface area contributed by atoms with Crippen LogP contribution >= 0.6 is 0 Å². The first kappa shape index (κ1) is 18.2. The molecule has 0 heterocycles. The molecule has 4 nitrogen and oxygen atoms in total. The molecule has 0 fully saturated rings. The maximum Gasteiger partial charge on any atom is 0.251 e. The number of benzene rings is 2. The van der Waals surface area contributed by atoms with E-state index in [1.807, 2.05) is 30.3 Å². The van der Waals surface area contributed by atoms with Crippen molar-refractivity contribution in [3.8, 4) is 0 Å². The fraction of sp³-hybridized carbons (Fsp3) is 0.316. The van der Waals surface area contributed by atoms with Gasteiger partial charge in [0.1, 0.15) is 0 Å². The van der Waals surface area contributed by atoms with Gasteiger partial charge in [0, 0.05) is 11.8 Å². The number of rotatable bonds is 6. The maximum absolute atomic E-state index is 12.6. The van der Waals surface area contributed by atoms with Gasteiger partial charge in [0.2, 0.25) is 0 Å². The summed E-state index contributed by atoms with van der Waals surface area (Å²) in [6, 6.07) is 15.8. The lowest BCUT2D eigenvalue weighted by Crippen LogP contribution is -2.29. The summed E-state index contributed by atoms with van der Waals surface area (Å²) >= 11 is 0. The van der Waals surface area contributed by atoms with Gasteiger partial charge in [-0.15, -0.1) is 0 Å². The zero-order valence-electron chi connectivity index (χ0n) is 14.2. The molecule has 0 aromatic heterocycles. The summed E-state index contributed by atoms with van der Waals surface area (Å²) in [5, 5.41) is 3.03. The first-order valence-corrected chi connectivity index (χ1v) is 9.82. The molecule has 2 aromatic carbocycles. The van der Waals surface area contributed by atoms with Gasteiger partial charge in [-0.05, 0) is 36.1 Å². The van der Waals surface area contributed by atoms with Crippen molar-refractivity contribution in [1.29, 1.82) is 0 Å². The minimum atomic E-state index is -3.34. The number of hydrogen-bond acceptors (Lipinski definition) is 3. The van der Waals surface area contributed by atoms with Gasteiger partial charge in [-0.25, -0.2) is 8.42 Å². The molecule has 0 aliphatic carbocycles. The van der Waals surface area contributed by atoms with Gasteiger partial charge in [0.15, 0.2) is 9.84 Å². The second kappa shape index (κ2) is 7.62. The number of amides is 1. The van der Waals surface area contributed by atoms with Crippen LogP contribution in [-0.2, 0) is 9.84 Å². The summed E-state index contributed by atoms with van der Waals surface area (Å²) in [5.74, 6) is 0.146. The standard InChI is InChI=1S/C19H23NO3S/c1-14(2)12-18(15-8-5-4-6-9-15)20-19(21)16-10-7-11-17(13-16)24(3,22)23/h4-11,13-14,18H,12H2,1-3H3,(H,20,21)/t18-/m1/s1. The first-order valence-electron chi connectivity index (χ1n) is 7.93. The van der Waals surface area contributed by atoms with E-state index >= 15 is 0 Å². The van der Waals surface area contributed by atoms with Crippen LogP contribution in [0.25, 0.3) is 0 Å². The summed E-state index contributed by atoms with van der Waals surface area (Å²) in [5.41, 5.74) is 1.39. The molecule has 2 aromatic rings. The lowest BCUT2D eigenvalue weighted by atomic mass is 9.96. The van der Waals surface area contributed by atoms with Crippen LogP contribution in [0.15, 0.2) is 59.5 Å². The third-order valence-corrected chi connectivity index (χ3v) is 4.85. The topological polar surface area (TPSA) is 63.2 Å². The highest BCUT2D eigenvalue weighted by atomic mass is 32.2. The highest BCUT2D eigenvalue weighted by molar-refractivity contribution is 7.90. The highest BCUT2D eigenvalue weighted by Gasteiger charge is 2.18. The Labute approximate surface area is 143 Å². The summed E-state index contributed by atoms with van der Waals surface area (Å²) in [6.45, 7) is 4.21. The van der Waals surface area contributed by atoms with Crippen molar-refractivity contribution in [2.45, 2.75) is 31.2 Å². The van der Waals surface area contributed by atoms with Crippen LogP contribution in [0.1, 0.15) is 42.2 Å². The minimum absolute atomic E-state index is 0.111. The molecule has 2 rings (SSSR count). The Bertz CT molecular complexity index is 798. The van der Waals surface area contributed by atoms with Gasteiger partial charge in [-0.3, -0.25) is 4.79 Å². The van der Waals surface area contributed by atoms with Crippen LogP contribution in [0.2, 0.25) is 0 Å². The van der Waals surface area contributed by atoms with Crippen molar-refractivity contribution in [3.05, 3.63) is 65.7 Å². The zero-order valence-corrected chi connectivity index (χ0v) is 15.0. The van der Waals surface area contributed by atoms with Gasteiger partial charge >= 0.3 is 0 Å².